The lowest BCUT2D eigenvalue weighted by Crippen LogP contribution is -2.53. The average molecular weight is 265 g/mol. The Morgan fingerprint density at radius 2 is 1.68 bits per heavy atom. The van der Waals surface area contributed by atoms with Crippen LogP contribution in [0.1, 0.15) is 51.9 Å². The highest BCUT2D eigenvalue weighted by Crippen LogP contribution is 2.37. The summed E-state index contributed by atoms with van der Waals surface area (Å²) in [5.41, 5.74) is 6.70. The molecule has 3 rings (SSSR count). The molecule has 0 amide bonds. The first-order valence-corrected chi connectivity index (χ1v) is 8.39. The summed E-state index contributed by atoms with van der Waals surface area (Å²) in [5, 5.41) is 0. The molecule has 0 radical (unpaired) electrons. The van der Waals surface area contributed by atoms with Gasteiger partial charge in [-0.2, -0.15) is 0 Å². The first kappa shape index (κ1) is 13.8. The van der Waals surface area contributed by atoms with Gasteiger partial charge in [0, 0.05) is 44.8 Å². The van der Waals surface area contributed by atoms with Crippen molar-refractivity contribution in [2.24, 2.45) is 11.1 Å². The SMILES string of the molecule is CC1(CN2CCN(C3CCCC3)CC2)CCCC1N. The zero-order valence-electron chi connectivity index (χ0n) is 12.6. The molecule has 0 spiro atoms. The predicted octanol–water partition coefficient (Wildman–Crippen LogP) is 2.06. The van der Waals surface area contributed by atoms with Gasteiger partial charge >= 0.3 is 0 Å². The number of rotatable bonds is 3. The maximum absolute atomic E-state index is 6.32. The number of nitrogens with two attached hydrogens (primary N) is 1. The summed E-state index contributed by atoms with van der Waals surface area (Å²) in [4.78, 5) is 5.43. The fraction of sp³-hybridized carbons (Fsp3) is 1.00. The second-order valence-corrected chi connectivity index (χ2v) is 7.40. The molecular weight excluding hydrogens is 234 g/mol. The molecule has 0 aromatic rings. The quantitative estimate of drug-likeness (QED) is 0.848. The van der Waals surface area contributed by atoms with E-state index < -0.39 is 0 Å². The highest BCUT2D eigenvalue weighted by Gasteiger charge is 2.38. The van der Waals surface area contributed by atoms with Crippen molar-refractivity contribution in [1.29, 1.82) is 0 Å². The van der Waals surface area contributed by atoms with Crippen molar-refractivity contribution in [3.05, 3.63) is 0 Å². The van der Waals surface area contributed by atoms with Crippen LogP contribution in [0.4, 0.5) is 0 Å². The van der Waals surface area contributed by atoms with E-state index >= 15 is 0 Å². The lowest BCUT2D eigenvalue weighted by molar-refractivity contribution is 0.0659. The highest BCUT2D eigenvalue weighted by atomic mass is 15.3. The molecule has 110 valence electrons. The minimum absolute atomic E-state index is 0.384. The van der Waals surface area contributed by atoms with Gasteiger partial charge in [0.1, 0.15) is 0 Å². The van der Waals surface area contributed by atoms with Crippen LogP contribution in [-0.2, 0) is 0 Å². The van der Waals surface area contributed by atoms with Gasteiger partial charge in [-0.25, -0.2) is 0 Å². The average Bonchev–Trinajstić information content (AvgIpc) is 3.02. The van der Waals surface area contributed by atoms with Crippen LogP contribution in [0, 0.1) is 5.41 Å². The number of nitrogens with zero attached hydrogens (tertiary/aromatic N) is 2. The number of hydrogen-bond donors (Lipinski definition) is 1. The normalized spacial score (nSPS) is 39.2. The molecule has 0 aromatic heterocycles. The molecular formula is C16H31N3. The van der Waals surface area contributed by atoms with Gasteiger partial charge in [0.25, 0.3) is 0 Å². The van der Waals surface area contributed by atoms with E-state index in [1.165, 1.54) is 77.7 Å². The molecule has 3 aliphatic rings. The van der Waals surface area contributed by atoms with Crippen LogP contribution < -0.4 is 5.73 Å². The topological polar surface area (TPSA) is 32.5 Å². The summed E-state index contributed by atoms with van der Waals surface area (Å²) in [6.07, 6.45) is 9.70. The van der Waals surface area contributed by atoms with Crippen LogP contribution in [0.2, 0.25) is 0 Å². The molecule has 2 aliphatic carbocycles. The van der Waals surface area contributed by atoms with Gasteiger partial charge in [-0.1, -0.05) is 26.2 Å². The van der Waals surface area contributed by atoms with Crippen LogP contribution in [0.25, 0.3) is 0 Å². The van der Waals surface area contributed by atoms with E-state index in [4.69, 9.17) is 5.73 Å². The third-order valence-corrected chi connectivity index (χ3v) is 5.99. The zero-order chi connectivity index (χ0) is 13.3. The first-order valence-electron chi connectivity index (χ1n) is 8.39. The Balaban J connectivity index is 1.47. The van der Waals surface area contributed by atoms with Gasteiger partial charge in [-0.15, -0.1) is 0 Å². The monoisotopic (exact) mass is 265 g/mol. The number of piperazine rings is 1. The van der Waals surface area contributed by atoms with Crippen molar-refractivity contribution in [2.45, 2.75) is 64.0 Å². The minimum atomic E-state index is 0.384. The summed E-state index contributed by atoms with van der Waals surface area (Å²) in [7, 11) is 0. The second kappa shape index (κ2) is 5.71. The fourth-order valence-corrected chi connectivity index (χ4v) is 4.52. The molecule has 0 aromatic carbocycles. The van der Waals surface area contributed by atoms with E-state index in [0.717, 1.165) is 6.04 Å². The predicted molar refractivity (Wildman–Crippen MR) is 80.2 cm³/mol. The molecule has 3 nitrogen and oxygen atoms in total. The van der Waals surface area contributed by atoms with Crippen LogP contribution in [0.5, 0.6) is 0 Å². The molecule has 3 heteroatoms. The smallest absolute Gasteiger partial charge is 0.0113 e. The minimum Gasteiger partial charge on any atom is -0.327 e. The van der Waals surface area contributed by atoms with Gasteiger partial charge in [0.05, 0.1) is 0 Å². The Morgan fingerprint density at radius 1 is 1.00 bits per heavy atom. The van der Waals surface area contributed by atoms with E-state index in [-0.39, 0.29) is 0 Å². The Kier molecular flexibility index (Phi) is 4.16. The molecule has 19 heavy (non-hydrogen) atoms. The van der Waals surface area contributed by atoms with Crippen molar-refractivity contribution < 1.29 is 0 Å². The summed E-state index contributed by atoms with van der Waals surface area (Å²) in [5.74, 6) is 0. The van der Waals surface area contributed by atoms with Gasteiger partial charge in [0.15, 0.2) is 0 Å². The van der Waals surface area contributed by atoms with Gasteiger partial charge in [-0.05, 0) is 31.1 Å². The number of hydrogen-bond acceptors (Lipinski definition) is 3. The van der Waals surface area contributed by atoms with Crippen molar-refractivity contribution in [3.63, 3.8) is 0 Å². The molecule has 2 atom stereocenters. The third kappa shape index (κ3) is 2.98. The fourth-order valence-electron chi connectivity index (χ4n) is 4.52. The van der Waals surface area contributed by atoms with E-state index in [1.807, 2.05) is 0 Å². The standard InChI is InChI=1S/C16H31N3/c1-16(8-4-7-15(16)17)13-18-9-11-19(12-10-18)14-5-2-3-6-14/h14-15H,2-13,17H2,1H3. The molecule has 2 N–H and O–H groups in total. The van der Waals surface area contributed by atoms with Crippen molar-refractivity contribution >= 4 is 0 Å². The van der Waals surface area contributed by atoms with E-state index in [1.54, 1.807) is 0 Å². The van der Waals surface area contributed by atoms with Gasteiger partial charge in [0.2, 0.25) is 0 Å². The molecule has 1 saturated heterocycles. The van der Waals surface area contributed by atoms with Crippen LogP contribution >= 0.6 is 0 Å². The maximum atomic E-state index is 6.32. The molecule has 2 saturated carbocycles. The first-order chi connectivity index (χ1) is 9.17. The summed E-state index contributed by atoms with van der Waals surface area (Å²) < 4.78 is 0. The van der Waals surface area contributed by atoms with Crippen molar-refractivity contribution in [3.8, 4) is 0 Å². The largest absolute Gasteiger partial charge is 0.327 e. The molecule has 3 fully saturated rings. The highest BCUT2D eigenvalue weighted by molar-refractivity contribution is 4.94. The molecule has 1 aliphatic heterocycles. The molecule has 2 unspecified atom stereocenters. The summed E-state index contributed by atoms with van der Waals surface area (Å²) in [6, 6.07) is 1.34. The Labute approximate surface area is 118 Å². The Hall–Kier alpha value is -0.120. The van der Waals surface area contributed by atoms with Crippen molar-refractivity contribution in [1.82, 2.24) is 9.80 Å². The van der Waals surface area contributed by atoms with Crippen LogP contribution in [0.15, 0.2) is 0 Å². The lowest BCUT2D eigenvalue weighted by Gasteiger charge is -2.42. The summed E-state index contributed by atoms with van der Waals surface area (Å²) >= 11 is 0. The summed E-state index contributed by atoms with van der Waals surface area (Å²) in [6.45, 7) is 8.74. The van der Waals surface area contributed by atoms with E-state index in [2.05, 4.69) is 16.7 Å². The third-order valence-electron chi connectivity index (χ3n) is 5.99. The maximum Gasteiger partial charge on any atom is 0.0113 e. The van der Waals surface area contributed by atoms with Crippen LogP contribution in [0.3, 0.4) is 0 Å². The van der Waals surface area contributed by atoms with Gasteiger partial charge in [-0.3, -0.25) is 4.90 Å². The zero-order valence-corrected chi connectivity index (χ0v) is 12.6. The van der Waals surface area contributed by atoms with E-state index in [0.29, 0.717) is 11.5 Å². The van der Waals surface area contributed by atoms with E-state index in [9.17, 15) is 0 Å². The molecule has 1 heterocycles. The van der Waals surface area contributed by atoms with Crippen molar-refractivity contribution in [2.75, 3.05) is 32.7 Å². The molecule has 0 bridgehead atoms. The Morgan fingerprint density at radius 3 is 2.26 bits per heavy atom. The van der Waals surface area contributed by atoms with Gasteiger partial charge < -0.3 is 10.6 Å². The van der Waals surface area contributed by atoms with Crippen LogP contribution in [-0.4, -0.2) is 54.6 Å². The Bertz CT molecular complexity index is 292. The second-order valence-electron chi connectivity index (χ2n) is 7.40. The lowest BCUT2D eigenvalue weighted by atomic mass is 9.84.